The molecule has 0 aliphatic carbocycles. The SMILES string of the molecule is c1ccc(-c2nc(-c3ccccc3)nc(-n3c4ccccc4c4c(-c5cccc(-c6ccc7c8ccccc8c8ccccc8c7c6)c5)cc5c6ccccc6oc5c43)n2)cc1. The second kappa shape index (κ2) is 13.6. The summed E-state index contributed by atoms with van der Waals surface area (Å²) in [4.78, 5) is 15.5. The van der Waals surface area contributed by atoms with Gasteiger partial charge in [0, 0.05) is 32.7 Å². The lowest BCUT2D eigenvalue weighted by molar-refractivity contribution is 0.670. The molecule has 5 nitrogen and oxygen atoms in total. The van der Waals surface area contributed by atoms with Gasteiger partial charge in [-0.3, -0.25) is 4.57 Å². The van der Waals surface area contributed by atoms with Crippen LogP contribution in [-0.2, 0) is 0 Å². The van der Waals surface area contributed by atoms with Crippen LogP contribution in [0.3, 0.4) is 0 Å². The fourth-order valence-electron chi connectivity index (χ4n) is 9.61. The molecule has 13 rings (SSSR count). The van der Waals surface area contributed by atoms with Crippen molar-refractivity contribution in [1.82, 2.24) is 19.5 Å². The summed E-state index contributed by atoms with van der Waals surface area (Å²) in [7, 11) is 0. The zero-order valence-corrected chi connectivity index (χ0v) is 33.3. The first-order valence-corrected chi connectivity index (χ1v) is 20.9. The van der Waals surface area contributed by atoms with Crippen LogP contribution in [0.5, 0.6) is 0 Å². The molecule has 10 aromatic carbocycles. The Bertz CT molecular complexity index is 3830. The number of furan rings is 1. The minimum absolute atomic E-state index is 0.521. The Hall–Kier alpha value is -8.41. The van der Waals surface area contributed by atoms with E-state index in [-0.39, 0.29) is 0 Å². The van der Waals surface area contributed by atoms with E-state index in [1.807, 2.05) is 72.8 Å². The van der Waals surface area contributed by atoms with Crippen LogP contribution in [-0.4, -0.2) is 19.5 Å². The molecule has 0 fully saturated rings. The molecule has 3 aromatic heterocycles. The molecular formula is C57H34N4O. The van der Waals surface area contributed by atoms with Crippen LogP contribution >= 0.6 is 0 Å². The molecular weight excluding hydrogens is 757 g/mol. The van der Waals surface area contributed by atoms with Crippen LogP contribution in [0, 0.1) is 0 Å². The van der Waals surface area contributed by atoms with Gasteiger partial charge in [0.05, 0.1) is 5.52 Å². The number of rotatable bonds is 5. The molecule has 0 atom stereocenters. The van der Waals surface area contributed by atoms with Gasteiger partial charge >= 0.3 is 0 Å². The van der Waals surface area contributed by atoms with Crippen molar-refractivity contribution >= 4 is 76.1 Å². The van der Waals surface area contributed by atoms with Gasteiger partial charge in [-0.25, -0.2) is 4.98 Å². The van der Waals surface area contributed by atoms with Crippen molar-refractivity contribution in [3.8, 4) is 51.0 Å². The van der Waals surface area contributed by atoms with E-state index in [0.717, 1.165) is 71.6 Å². The highest BCUT2D eigenvalue weighted by Gasteiger charge is 2.25. The first-order valence-electron chi connectivity index (χ1n) is 20.9. The number of aromatic nitrogens is 4. The van der Waals surface area contributed by atoms with E-state index >= 15 is 0 Å². The molecule has 0 aliphatic rings. The van der Waals surface area contributed by atoms with E-state index in [4.69, 9.17) is 19.4 Å². The first kappa shape index (κ1) is 34.5. The monoisotopic (exact) mass is 790 g/mol. The van der Waals surface area contributed by atoms with Gasteiger partial charge in [0.15, 0.2) is 17.2 Å². The molecule has 0 bridgehead atoms. The summed E-state index contributed by atoms with van der Waals surface area (Å²) >= 11 is 0. The molecule has 0 spiro atoms. The van der Waals surface area contributed by atoms with Crippen molar-refractivity contribution in [1.29, 1.82) is 0 Å². The molecule has 13 aromatic rings. The van der Waals surface area contributed by atoms with Gasteiger partial charge in [-0.2, -0.15) is 9.97 Å². The Morgan fingerprint density at radius 3 is 1.53 bits per heavy atom. The fraction of sp³-hybridized carbons (Fsp3) is 0. The quantitative estimate of drug-likeness (QED) is 0.163. The average molecular weight is 791 g/mol. The molecule has 0 unspecified atom stereocenters. The minimum Gasteiger partial charge on any atom is -0.454 e. The summed E-state index contributed by atoms with van der Waals surface area (Å²) in [6, 6.07) is 72.8. The highest BCUT2D eigenvalue weighted by molar-refractivity contribution is 6.27. The Balaban J connectivity index is 1.09. The molecule has 0 amide bonds. The number of hydrogen-bond donors (Lipinski definition) is 0. The molecule has 3 heterocycles. The molecule has 288 valence electrons. The fourth-order valence-corrected chi connectivity index (χ4v) is 9.61. The third kappa shape index (κ3) is 5.25. The molecule has 0 radical (unpaired) electrons. The largest absolute Gasteiger partial charge is 0.454 e. The van der Waals surface area contributed by atoms with Crippen molar-refractivity contribution in [2.45, 2.75) is 0 Å². The third-order valence-corrected chi connectivity index (χ3v) is 12.4. The van der Waals surface area contributed by atoms with Crippen LogP contribution in [0.15, 0.2) is 211 Å². The van der Waals surface area contributed by atoms with E-state index in [0.29, 0.717) is 17.6 Å². The third-order valence-electron chi connectivity index (χ3n) is 12.4. The molecule has 62 heavy (non-hydrogen) atoms. The van der Waals surface area contributed by atoms with Gasteiger partial charge in [0.25, 0.3) is 0 Å². The van der Waals surface area contributed by atoms with Gasteiger partial charge in [-0.05, 0) is 84.9 Å². The standard InChI is InChI=1S/C57H34N4O/c1-3-16-35(17-4-1)55-58-56(36-18-5-2-6-19-36)60-57(59-55)61-50-28-13-11-27-46(50)52-47(34-49-45-26-12-14-29-51(45)62-54(49)53(52)61)39-21-15-20-37(32-39)38-30-31-44-42-24-8-7-22-40(42)41-23-9-10-25-43(41)48(44)33-38/h1-34H. The van der Waals surface area contributed by atoms with E-state index in [2.05, 4.69) is 138 Å². The van der Waals surface area contributed by atoms with E-state index in [9.17, 15) is 0 Å². The van der Waals surface area contributed by atoms with Crippen LogP contribution in [0.4, 0.5) is 0 Å². The van der Waals surface area contributed by atoms with Crippen molar-refractivity contribution in [2.75, 3.05) is 0 Å². The average Bonchev–Trinajstić information content (AvgIpc) is 3.90. The number of hydrogen-bond acceptors (Lipinski definition) is 4. The summed E-state index contributed by atoms with van der Waals surface area (Å²) in [5.74, 6) is 1.72. The number of nitrogens with zero attached hydrogens (tertiary/aromatic N) is 4. The van der Waals surface area contributed by atoms with E-state index in [1.54, 1.807) is 0 Å². The van der Waals surface area contributed by atoms with Crippen LogP contribution in [0.25, 0.3) is 127 Å². The van der Waals surface area contributed by atoms with Gasteiger partial charge in [0.1, 0.15) is 11.1 Å². The first-order chi connectivity index (χ1) is 30.7. The summed E-state index contributed by atoms with van der Waals surface area (Å²) in [5, 5.41) is 11.8. The van der Waals surface area contributed by atoms with Crippen molar-refractivity contribution in [3.05, 3.63) is 206 Å². The highest BCUT2D eigenvalue weighted by Crippen LogP contribution is 2.46. The van der Waals surface area contributed by atoms with Gasteiger partial charge < -0.3 is 4.42 Å². The molecule has 0 aliphatic heterocycles. The zero-order valence-electron chi connectivity index (χ0n) is 33.3. The zero-order chi connectivity index (χ0) is 40.7. The predicted molar refractivity (Wildman–Crippen MR) is 256 cm³/mol. The minimum atomic E-state index is 0.521. The van der Waals surface area contributed by atoms with Crippen LogP contribution in [0.2, 0.25) is 0 Å². The lowest BCUT2D eigenvalue weighted by Crippen LogP contribution is -2.06. The van der Waals surface area contributed by atoms with Crippen molar-refractivity contribution < 1.29 is 4.42 Å². The van der Waals surface area contributed by atoms with Gasteiger partial charge in [-0.15, -0.1) is 0 Å². The normalized spacial score (nSPS) is 11.9. The maximum atomic E-state index is 6.89. The summed E-state index contributed by atoms with van der Waals surface area (Å²) in [6.07, 6.45) is 0. The summed E-state index contributed by atoms with van der Waals surface area (Å²) in [6.45, 7) is 0. The number of benzene rings is 10. The Morgan fingerprint density at radius 2 is 0.855 bits per heavy atom. The van der Waals surface area contributed by atoms with Gasteiger partial charge in [-0.1, -0.05) is 176 Å². The predicted octanol–water partition coefficient (Wildman–Crippen LogP) is 15.0. The van der Waals surface area contributed by atoms with Gasteiger partial charge in [0.2, 0.25) is 5.95 Å². The number of fused-ring (bicyclic) bond motifs is 13. The Labute approximate surface area is 355 Å². The highest BCUT2D eigenvalue weighted by atomic mass is 16.3. The molecule has 0 saturated heterocycles. The van der Waals surface area contributed by atoms with E-state index < -0.39 is 0 Å². The van der Waals surface area contributed by atoms with Crippen LogP contribution in [0.1, 0.15) is 0 Å². The van der Waals surface area contributed by atoms with Crippen molar-refractivity contribution in [3.63, 3.8) is 0 Å². The molecule has 0 N–H and O–H groups in total. The molecule has 0 saturated carbocycles. The Morgan fingerprint density at radius 1 is 0.339 bits per heavy atom. The van der Waals surface area contributed by atoms with E-state index in [1.165, 1.54) is 37.9 Å². The maximum absolute atomic E-state index is 6.89. The summed E-state index contributed by atoms with van der Waals surface area (Å²) < 4.78 is 9.07. The summed E-state index contributed by atoms with van der Waals surface area (Å²) in [5.41, 5.74) is 9.85. The second-order valence-corrected chi connectivity index (χ2v) is 15.9. The maximum Gasteiger partial charge on any atom is 0.238 e. The second-order valence-electron chi connectivity index (χ2n) is 15.9. The lowest BCUT2D eigenvalue weighted by atomic mass is 9.91. The topological polar surface area (TPSA) is 56.7 Å². The lowest BCUT2D eigenvalue weighted by Gasteiger charge is -2.13. The smallest absolute Gasteiger partial charge is 0.238 e. The number of para-hydroxylation sites is 2. The van der Waals surface area contributed by atoms with Crippen molar-refractivity contribution in [2.24, 2.45) is 0 Å². The Kier molecular flexibility index (Phi) is 7.54. The van der Waals surface area contributed by atoms with Crippen LogP contribution < -0.4 is 0 Å². The molecule has 5 heteroatoms.